The summed E-state index contributed by atoms with van der Waals surface area (Å²) < 4.78 is 34.5. The lowest BCUT2D eigenvalue weighted by atomic mass is 9.89. The summed E-state index contributed by atoms with van der Waals surface area (Å²) in [5.41, 5.74) is 1.38. The van der Waals surface area contributed by atoms with Gasteiger partial charge in [-0.15, -0.1) is 0 Å². The highest BCUT2D eigenvalue weighted by Gasteiger charge is 2.40. The molecule has 2 aromatic rings. The number of benzene rings is 2. The Labute approximate surface area is 143 Å². The maximum absolute atomic E-state index is 13.1. The van der Waals surface area contributed by atoms with Gasteiger partial charge in [-0.05, 0) is 43.0 Å². The maximum atomic E-state index is 13.1. The van der Waals surface area contributed by atoms with Crippen LogP contribution < -0.4 is 9.46 Å². The van der Waals surface area contributed by atoms with Crippen LogP contribution >= 0.6 is 0 Å². The third-order valence-electron chi connectivity index (χ3n) is 4.72. The van der Waals surface area contributed by atoms with E-state index in [1.165, 1.54) is 7.11 Å². The summed E-state index contributed by atoms with van der Waals surface area (Å²) >= 11 is 0. The van der Waals surface area contributed by atoms with Crippen molar-refractivity contribution in [3.63, 3.8) is 0 Å². The minimum Gasteiger partial charge on any atom is -0.495 e. The van der Waals surface area contributed by atoms with Crippen molar-refractivity contribution in [2.75, 3.05) is 7.11 Å². The summed E-state index contributed by atoms with van der Waals surface area (Å²) in [5, 5.41) is 0. The Hall–Kier alpha value is -1.85. The van der Waals surface area contributed by atoms with Gasteiger partial charge in [0.1, 0.15) is 10.6 Å². The highest BCUT2D eigenvalue weighted by atomic mass is 32.2. The number of hydrogen-bond donors (Lipinski definition) is 1. The van der Waals surface area contributed by atoms with Gasteiger partial charge < -0.3 is 4.74 Å². The Morgan fingerprint density at radius 3 is 2.33 bits per heavy atom. The van der Waals surface area contributed by atoms with Crippen molar-refractivity contribution in [2.24, 2.45) is 0 Å². The average molecular weight is 345 g/mol. The van der Waals surface area contributed by atoms with Crippen LogP contribution in [-0.4, -0.2) is 15.5 Å². The highest BCUT2D eigenvalue weighted by molar-refractivity contribution is 7.89. The van der Waals surface area contributed by atoms with Crippen molar-refractivity contribution >= 4 is 10.0 Å². The number of sulfonamides is 1. The Balaban J connectivity index is 2.03. The molecule has 128 valence electrons. The standard InChI is InChI=1S/C19H23NO3S/c1-15-10-11-17(23-2)18(14-15)24(21,22)20-19(12-6-7-13-19)16-8-4-3-5-9-16/h3-5,8-11,14,20H,6-7,12-13H2,1-2H3. The summed E-state index contributed by atoms with van der Waals surface area (Å²) in [6, 6.07) is 15.1. The minimum atomic E-state index is -3.69. The minimum absolute atomic E-state index is 0.201. The Morgan fingerprint density at radius 2 is 1.71 bits per heavy atom. The summed E-state index contributed by atoms with van der Waals surface area (Å²) in [4.78, 5) is 0.201. The average Bonchev–Trinajstić information content (AvgIpc) is 3.04. The van der Waals surface area contributed by atoms with Crippen LogP contribution in [0, 0.1) is 6.92 Å². The Bertz CT molecular complexity index is 810. The lowest BCUT2D eigenvalue weighted by molar-refractivity contribution is 0.391. The van der Waals surface area contributed by atoms with Gasteiger partial charge in [0.05, 0.1) is 12.6 Å². The molecule has 1 aliphatic carbocycles. The zero-order chi connectivity index (χ0) is 17.2. The molecule has 0 spiro atoms. The van der Waals surface area contributed by atoms with Gasteiger partial charge in [0.2, 0.25) is 10.0 Å². The van der Waals surface area contributed by atoms with Crippen molar-refractivity contribution in [3.8, 4) is 5.75 Å². The molecule has 0 unspecified atom stereocenters. The molecule has 0 saturated heterocycles. The molecule has 1 saturated carbocycles. The van der Waals surface area contributed by atoms with Crippen molar-refractivity contribution < 1.29 is 13.2 Å². The van der Waals surface area contributed by atoms with E-state index < -0.39 is 15.6 Å². The van der Waals surface area contributed by atoms with E-state index in [2.05, 4.69) is 4.72 Å². The van der Waals surface area contributed by atoms with Crippen LogP contribution in [-0.2, 0) is 15.6 Å². The fourth-order valence-electron chi connectivity index (χ4n) is 3.49. The number of rotatable bonds is 5. The van der Waals surface area contributed by atoms with Crippen LogP contribution in [0.1, 0.15) is 36.8 Å². The van der Waals surface area contributed by atoms with E-state index >= 15 is 0 Å². The second kappa shape index (κ2) is 6.57. The lowest BCUT2D eigenvalue weighted by Crippen LogP contribution is -2.43. The SMILES string of the molecule is COc1ccc(C)cc1S(=O)(=O)NC1(c2ccccc2)CCCC1. The first-order chi connectivity index (χ1) is 11.5. The molecule has 0 amide bonds. The summed E-state index contributed by atoms with van der Waals surface area (Å²) in [6.07, 6.45) is 3.65. The quantitative estimate of drug-likeness (QED) is 0.898. The third-order valence-corrected chi connectivity index (χ3v) is 6.28. The maximum Gasteiger partial charge on any atom is 0.245 e. The molecule has 0 atom stereocenters. The largest absolute Gasteiger partial charge is 0.495 e. The molecule has 4 nitrogen and oxygen atoms in total. The van der Waals surface area contributed by atoms with E-state index in [9.17, 15) is 8.42 Å². The molecule has 0 aliphatic heterocycles. The summed E-state index contributed by atoms with van der Waals surface area (Å²) in [6.45, 7) is 1.88. The molecule has 24 heavy (non-hydrogen) atoms. The molecule has 0 bridgehead atoms. The fraction of sp³-hybridized carbons (Fsp3) is 0.368. The first-order valence-corrected chi connectivity index (χ1v) is 9.69. The van der Waals surface area contributed by atoms with Gasteiger partial charge in [-0.1, -0.05) is 49.2 Å². The van der Waals surface area contributed by atoms with E-state index in [0.717, 1.165) is 36.8 Å². The van der Waals surface area contributed by atoms with Crippen LogP contribution in [0.5, 0.6) is 5.75 Å². The van der Waals surface area contributed by atoms with Crippen molar-refractivity contribution in [1.82, 2.24) is 4.72 Å². The number of methoxy groups -OCH3 is 1. The van der Waals surface area contributed by atoms with Gasteiger partial charge in [0.15, 0.2) is 0 Å². The van der Waals surface area contributed by atoms with Gasteiger partial charge in [0.25, 0.3) is 0 Å². The smallest absolute Gasteiger partial charge is 0.245 e. The summed E-state index contributed by atoms with van der Waals surface area (Å²) in [5.74, 6) is 0.370. The van der Waals surface area contributed by atoms with E-state index in [1.54, 1.807) is 12.1 Å². The molecule has 5 heteroatoms. The van der Waals surface area contributed by atoms with Gasteiger partial charge in [-0.2, -0.15) is 0 Å². The van der Waals surface area contributed by atoms with Crippen LogP contribution in [0.15, 0.2) is 53.4 Å². The molecule has 0 heterocycles. The second-order valence-electron chi connectivity index (χ2n) is 6.42. The van der Waals surface area contributed by atoms with Gasteiger partial charge in [-0.25, -0.2) is 13.1 Å². The number of aryl methyl sites for hydroxylation is 1. The van der Waals surface area contributed by atoms with Crippen molar-refractivity contribution in [2.45, 2.75) is 43.0 Å². The van der Waals surface area contributed by atoms with E-state index in [4.69, 9.17) is 4.74 Å². The molecule has 0 radical (unpaired) electrons. The zero-order valence-electron chi connectivity index (χ0n) is 14.1. The second-order valence-corrected chi connectivity index (χ2v) is 8.07. The lowest BCUT2D eigenvalue weighted by Gasteiger charge is -2.31. The Kier molecular flexibility index (Phi) is 4.65. The molecular formula is C19H23NO3S. The number of nitrogens with one attached hydrogen (secondary N) is 1. The first kappa shape index (κ1) is 17.0. The van der Waals surface area contributed by atoms with E-state index in [-0.39, 0.29) is 4.90 Å². The monoisotopic (exact) mass is 345 g/mol. The molecule has 0 aromatic heterocycles. The normalized spacial score (nSPS) is 16.9. The molecule has 1 N–H and O–H groups in total. The molecular weight excluding hydrogens is 322 g/mol. The number of hydrogen-bond acceptors (Lipinski definition) is 3. The van der Waals surface area contributed by atoms with Crippen molar-refractivity contribution in [3.05, 3.63) is 59.7 Å². The zero-order valence-corrected chi connectivity index (χ0v) is 14.9. The fourth-order valence-corrected chi connectivity index (χ4v) is 5.20. The van der Waals surface area contributed by atoms with E-state index in [1.807, 2.05) is 43.3 Å². The molecule has 3 rings (SSSR count). The molecule has 1 fully saturated rings. The van der Waals surface area contributed by atoms with Crippen LogP contribution in [0.3, 0.4) is 0 Å². The first-order valence-electron chi connectivity index (χ1n) is 8.21. The van der Waals surface area contributed by atoms with Gasteiger partial charge in [-0.3, -0.25) is 0 Å². The van der Waals surface area contributed by atoms with Crippen LogP contribution in [0.25, 0.3) is 0 Å². The highest BCUT2D eigenvalue weighted by Crippen LogP contribution is 2.40. The van der Waals surface area contributed by atoms with Gasteiger partial charge in [0, 0.05) is 0 Å². The van der Waals surface area contributed by atoms with Gasteiger partial charge >= 0.3 is 0 Å². The topological polar surface area (TPSA) is 55.4 Å². The predicted octanol–water partition coefficient (Wildman–Crippen LogP) is 3.75. The van der Waals surface area contributed by atoms with Crippen LogP contribution in [0.2, 0.25) is 0 Å². The number of ether oxygens (including phenoxy) is 1. The van der Waals surface area contributed by atoms with E-state index in [0.29, 0.717) is 5.75 Å². The van der Waals surface area contributed by atoms with Crippen LogP contribution in [0.4, 0.5) is 0 Å². The van der Waals surface area contributed by atoms with Crippen molar-refractivity contribution in [1.29, 1.82) is 0 Å². The third kappa shape index (κ3) is 3.19. The Morgan fingerprint density at radius 1 is 1.04 bits per heavy atom. The molecule has 2 aromatic carbocycles. The predicted molar refractivity (Wildman–Crippen MR) is 94.6 cm³/mol. The summed E-state index contributed by atoms with van der Waals surface area (Å²) in [7, 11) is -2.20. The molecule has 1 aliphatic rings.